The number of rotatable bonds is 7. The van der Waals surface area contributed by atoms with Crippen LogP contribution in [0.5, 0.6) is 0 Å². The molecule has 7 nitrogen and oxygen atoms in total. The lowest BCUT2D eigenvalue weighted by Crippen LogP contribution is -2.17. The van der Waals surface area contributed by atoms with E-state index in [1.54, 1.807) is 0 Å². The number of nitrogens with zero attached hydrogens (tertiary/aromatic N) is 3. The summed E-state index contributed by atoms with van der Waals surface area (Å²) < 4.78 is 6.94. The van der Waals surface area contributed by atoms with Crippen LogP contribution in [0.2, 0.25) is 5.02 Å². The number of aryl methyl sites for hydroxylation is 1. The van der Waals surface area contributed by atoms with Gasteiger partial charge < -0.3 is 14.6 Å². The molecule has 1 N–H and O–H groups in total. The molecule has 0 saturated heterocycles. The van der Waals surface area contributed by atoms with Gasteiger partial charge in [-0.05, 0) is 62.4 Å². The molecule has 0 atom stereocenters. The maximum absolute atomic E-state index is 12.7. The SMILES string of the molecule is CCn1c(SCC(=O)Nc2sc3c(c2C(=O)OC)CCCC3)nnc1-c1ccc(Cl)cc1. The molecular weight excluding hydrogens is 468 g/mol. The standard InChI is InChI=1S/C22H23ClN4O3S2/c1-3-27-19(13-8-10-14(23)11-9-13)25-26-22(27)31-12-17(28)24-20-18(21(29)30-2)15-6-4-5-7-16(15)32-20/h8-11H,3-7,12H2,1-2H3,(H,24,28). The Morgan fingerprint density at radius 2 is 1.97 bits per heavy atom. The van der Waals surface area contributed by atoms with E-state index in [2.05, 4.69) is 15.5 Å². The molecule has 1 aromatic carbocycles. The Kier molecular flexibility index (Phi) is 7.17. The third-order valence-corrected chi connectivity index (χ3v) is 7.71. The maximum Gasteiger partial charge on any atom is 0.341 e. The molecule has 0 radical (unpaired) electrons. The highest BCUT2D eigenvalue weighted by Gasteiger charge is 2.27. The molecule has 2 aromatic heterocycles. The Balaban J connectivity index is 1.48. The molecule has 1 aliphatic rings. The second kappa shape index (κ2) is 10.1. The molecule has 32 heavy (non-hydrogen) atoms. The third kappa shape index (κ3) is 4.69. The summed E-state index contributed by atoms with van der Waals surface area (Å²) in [4.78, 5) is 26.3. The van der Waals surface area contributed by atoms with E-state index in [-0.39, 0.29) is 11.7 Å². The number of methoxy groups -OCH3 is 1. The third-order valence-electron chi connectivity index (χ3n) is 5.28. The van der Waals surface area contributed by atoms with Crippen molar-refractivity contribution in [3.05, 3.63) is 45.3 Å². The van der Waals surface area contributed by atoms with Crippen LogP contribution in [0.25, 0.3) is 11.4 Å². The van der Waals surface area contributed by atoms with Crippen molar-refractivity contribution in [1.29, 1.82) is 0 Å². The topological polar surface area (TPSA) is 86.1 Å². The van der Waals surface area contributed by atoms with Crippen molar-refractivity contribution in [2.75, 3.05) is 18.2 Å². The van der Waals surface area contributed by atoms with E-state index in [0.717, 1.165) is 47.5 Å². The van der Waals surface area contributed by atoms with Gasteiger partial charge in [0, 0.05) is 22.0 Å². The summed E-state index contributed by atoms with van der Waals surface area (Å²) >= 11 is 8.77. The number of halogens is 1. The average Bonchev–Trinajstić information content (AvgIpc) is 3.38. The molecule has 1 aliphatic carbocycles. The van der Waals surface area contributed by atoms with Crippen LogP contribution in [-0.2, 0) is 28.9 Å². The monoisotopic (exact) mass is 490 g/mol. The zero-order valence-electron chi connectivity index (χ0n) is 17.8. The number of thiophene rings is 1. The summed E-state index contributed by atoms with van der Waals surface area (Å²) in [6.07, 6.45) is 3.91. The van der Waals surface area contributed by atoms with E-state index in [1.807, 2.05) is 35.8 Å². The molecule has 3 aromatic rings. The molecule has 0 spiro atoms. The molecule has 4 rings (SSSR count). The van der Waals surface area contributed by atoms with E-state index >= 15 is 0 Å². The second-order valence-electron chi connectivity index (χ2n) is 7.30. The lowest BCUT2D eigenvalue weighted by molar-refractivity contribution is -0.113. The number of hydrogen-bond acceptors (Lipinski definition) is 7. The first-order valence-corrected chi connectivity index (χ1v) is 12.5. The van der Waals surface area contributed by atoms with Crippen molar-refractivity contribution in [2.45, 2.75) is 44.3 Å². The fraction of sp³-hybridized carbons (Fsp3) is 0.364. The van der Waals surface area contributed by atoms with E-state index in [1.165, 1.54) is 30.2 Å². The minimum absolute atomic E-state index is 0.155. The Hall–Kier alpha value is -2.36. The van der Waals surface area contributed by atoms with Gasteiger partial charge in [-0.2, -0.15) is 0 Å². The number of carbonyl (C=O) groups excluding carboxylic acids is 2. The van der Waals surface area contributed by atoms with Crippen LogP contribution < -0.4 is 5.32 Å². The van der Waals surface area contributed by atoms with Crippen molar-refractivity contribution in [1.82, 2.24) is 14.8 Å². The van der Waals surface area contributed by atoms with Gasteiger partial charge in [0.25, 0.3) is 0 Å². The number of carbonyl (C=O) groups is 2. The van der Waals surface area contributed by atoms with Crippen LogP contribution in [0.15, 0.2) is 29.4 Å². The number of fused-ring (bicyclic) bond motifs is 1. The Bertz CT molecular complexity index is 1140. The van der Waals surface area contributed by atoms with Gasteiger partial charge in [0.15, 0.2) is 11.0 Å². The highest BCUT2D eigenvalue weighted by atomic mass is 35.5. The number of hydrogen-bond donors (Lipinski definition) is 1. The largest absolute Gasteiger partial charge is 0.465 e. The Morgan fingerprint density at radius 1 is 1.22 bits per heavy atom. The van der Waals surface area contributed by atoms with Crippen LogP contribution in [0.3, 0.4) is 0 Å². The highest BCUT2D eigenvalue weighted by molar-refractivity contribution is 7.99. The van der Waals surface area contributed by atoms with Gasteiger partial charge in [-0.25, -0.2) is 4.79 Å². The quantitative estimate of drug-likeness (QED) is 0.367. The molecule has 0 fully saturated rings. The number of thioether (sulfide) groups is 1. The fourth-order valence-electron chi connectivity index (χ4n) is 3.76. The van der Waals surface area contributed by atoms with E-state index in [0.29, 0.717) is 27.3 Å². The van der Waals surface area contributed by atoms with Gasteiger partial charge >= 0.3 is 5.97 Å². The normalized spacial score (nSPS) is 13.0. The van der Waals surface area contributed by atoms with Gasteiger partial charge in [0.2, 0.25) is 5.91 Å². The minimum Gasteiger partial charge on any atom is -0.465 e. The summed E-state index contributed by atoms with van der Waals surface area (Å²) in [6.45, 7) is 2.67. The molecule has 168 valence electrons. The van der Waals surface area contributed by atoms with Crippen LogP contribution in [0.4, 0.5) is 5.00 Å². The molecule has 0 bridgehead atoms. The number of aromatic nitrogens is 3. The highest BCUT2D eigenvalue weighted by Crippen LogP contribution is 2.38. The molecule has 0 saturated carbocycles. The Morgan fingerprint density at radius 3 is 2.69 bits per heavy atom. The first kappa shape index (κ1) is 22.8. The van der Waals surface area contributed by atoms with Crippen LogP contribution in [0, 0.1) is 0 Å². The molecule has 2 heterocycles. The molecular formula is C22H23ClN4O3S2. The number of nitrogens with one attached hydrogen (secondary N) is 1. The average molecular weight is 491 g/mol. The van der Waals surface area contributed by atoms with Gasteiger partial charge in [0.05, 0.1) is 18.4 Å². The van der Waals surface area contributed by atoms with Crippen LogP contribution >= 0.6 is 34.7 Å². The van der Waals surface area contributed by atoms with E-state index < -0.39 is 5.97 Å². The van der Waals surface area contributed by atoms with Gasteiger partial charge in [-0.3, -0.25) is 4.79 Å². The zero-order valence-corrected chi connectivity index (χ0v) is 20.2. The Labute approximate surface area is 199 Å². The lowest BCUT2D eigenvalue weighted by atomic mass is 9.95. The maximum atomic E-state index is 12.7. The number of amides is 1. The van der Waals surface area contributed by atoms with Gasteiger partial charge in [0.1, 0.15) is 5.00 Å². The molecule has 0 aliphatic heterocycles. The molecule has 10 heteroatoms. The summed E-state index contributed by atoms with van der Waals surface area (Å²) in [6, 6.07) is 7.41. The predicted octanol–water partition coefficient (Wildman–Crippen LogP) is 5.08. The van der Waals surface area contributed by atoms with E-state index in [4.69, 9.17) is 16.3 Å². The van der Waals surface area contributed by atoms with Crippen LogP contribution in [0.1, 0.15) is 40.6 Å². The predicted molar refractivity (Wildman–Crippen MR) is 128 cm³/mol. The second-order valence-corrected chi connectivity index (χ2v) is 9.78. The summed E-state index contributed by atoms with van der Waals surface area (Å²) in [7, 11) is 1.37. The first-order chi connectivity index (χ1) is 15.5. The van der Waals surface area contributed by atoms with Gasteiger partial charge in [-0.15, -0.1) is 21.5 Å². The summed E-state index contributed by atoms with van der Waals surface area (Å²) in [5, 5.41) is 13.4. The number of ether oxygens (including phenoxy) is 1. The zero-order chi connectivity index (χ0) is 22.7. The first-order valence-electron chi connectivity index (χ1n) is 10.4. The summed E-state index contributed by atoms with van der Waals surface area (Å²) in [5.74, 6) is 0.288. The fourth-order valence-corrected chi connectivity index (χ4v) is 5.98. The van der Waals surface area contributed by atoms with E-state index in [9.17, 15) is 9.59 Å². The number of anilines is 1. The van der Waals surface area contributed by atoms with Crippen LogP contribution in [-0.4, -0.2) is 39.5 Å². The number of esters is 1. The van der Waals surface area contributed by atoms with Crippen molar-refractivity contribution in [3.63, 3.8) is 0 Å². The molecule has 0 unspecified atom stereocenters. The van der Waals surface area contributed by atoms with Crippen molar-refractivity contribution in [3.8, 4) is 11.4 Å². The number of benzene rings is 1. The van der Waals surface area contributed by atoms with Crippen molar-refractivity contribution >= 4 is 51.6 Å². The van der Waals surface area contributed by atoms with Gasteiger partial charge in [-0.1, -0.05) is 23.4 Å². The van der Waals surface area contributed by atoms with Crippen molar-refractivity contribution < 1.29 is 14.3 Å². The lowest BCUT2D eigenvalue weighted by Gasteiger charge is -2.11. The molecule has 1 amide bonds. The smallest absolute Gasteiger partial charge is 0.341 e. The minimum atomic E-state index is -0.398. The van der Waals surface area contributed by atoms with Crippen molar-refractivity contribution in [2.24, 2.45) is 0 Å². The summed E-state index contributed by atoms with van der Waals surface area (Å²) in [5.41, 5.74) is 2.44.